The Balaban J connectivity index is 0.000000229. The Morgan fingerprint density at radius 1 is 0.919 bits per heavy atom. The van der Waals surface area contributed by atoms with E-state index in [0.717, 1.165) is 0 Å². The van der Waals surface area contributed by atoms with Crippen LogP contribution in [-0.4, -0.2) is 14.3 Å². The molecule has 1 nitrogen and oxygen atoms in total. The number of fused-ring (bicyclic) bond motifs is 1. The summed E-state index contributed by atoms with van der Waals surface area (Å²) in [5.41, 5.74) is 13.1. The van der Waals surface area contributed by atoms with Crippen molar-refractivity contribution in [1.82, 2.24) is 0 Å². The Morgan fingerprint density at radius 2 is 1.65 bits per heavy atom. The number of rotatable bonds is 6. The van der Waals surface area contributed by atoms with Crippen LogP contribution in [-0.2, 0) is 31.1 Å². The molecule has 0 spiro atoms. The maximum absolute atomic E-state index is 4.19. The number of nitrogens with zero attached hydrogens (tertiary/aromatic N) is 1. The first-order valence-electron chi connectivity index (χ1n) is 13.2. The molecule has 2 aromatic rings. The van der Waals surface area contributed by atoms with Gasteiger partial charge in [-0.05, 0) is 17.3 Å². The Bertz CT molecular complexity index is 1330. The van der Waals surface area contributed by atoms with Crippen molar-refractivity contribution in [2.75, 3.05) is 0 Å². The maximum Gasteiger partial charge on any atom is -1.00 e. The number of benzene rings is 2. The number of aryl methyl sites for hydroxylation is 1. The van der Waals surface area contributed by atoms with Crippen molar-refractivity contribution >= 4 is 20.4 Å². The molecule has 2 aliphatic carbocycles. The molecule has 3 aliphatic heterocycles. The standard InChI is InChI=1S/C22H25.C10H11NSi.2ClH.Zr/c1-3-4-5-6-8-18-11-13-19(14-12-18)21-10-7-9-20-15-17(2)16-22(20)21;1-6-9-7-4-11-5-8(7)10(6)12(9,2)3;;;/h7,9-16H,3-6,8H2,1-2H3;4-5H,1-3H3;2*1H;/q;;;;+2/p-2. The Hall–Kier alpha value is -1.25. The van der Waals surface area contributed by atoms with Crippen molar-refractivity contribution in [2.45, 2.75) is 69.6 Å². The summed E-state index contributed by atoms with van der Waals surface area (Å²) in [5.74, 6) is 0. The second-order valence-electron chi connectivity index (χ2n) is 10.9. The first-order chi connectivity index (χ1) is 16.8. The zero-order valence-electron chi connectivity index (χ0n) is 22.6. The number of halogens is 2. The van der Waals surface area contributed by atoms with Crippen LogP contribution in [0.25, 0.3) is 17.2 Å². The monoisotopic (exact) mass is 622 g/mol. The van der Waals surface area contributed by atoms with E-state index < -0.39 is 8.07 Å². The minimum Gasteiger partial charge on any atom is -1.00 e. The molecule has 0 saturated heterocycles. The van der Waals surface area contributed by atoms with Gasteiger partial charge in [-0.25, -0.2) is 0 Å². The van der Waals surface area contributed by atoms with Crippen LogP contribution in [0.2, 0.25) is 13.1 Å². The van der Waals surface area contributed by atoms with Gasteiger partial charge in [-0.1, -0.05) is 32.0 Å². The van der Waals surface area contributed by atoms with Crippen LogP contribution in [0.1, 0.15) is 66.8 Å². The number of aliphatic imine (C=N–C) groups is 1. The van der Waals surface area contributed by atoms with E-state index in [1.165, 1.54) is 76.6 Å². The summed E-state index contributed by atoms with van der Waals surface area (Å²) < 4.78 is 0.648. The first kappa shape index (κ1) is 30.3. The fraction of sp³-hybridized carbons (Fsp3) is 0.344. The average molecular weight is 625 g/mol. The zero-order valence-corrected chi connectivity index (χ0v) is 27.6. The van der Waals surface area contributed by atoms with Crippen molar-refractivity contribution in [3.63, 3.8) is 0 Å². The van der Waals surface area contributed by atoms with Gasteiger partial charge >= 0.3 is 143 Å². The molecule has 5 aliphatic rings. The third kappa shape index (κ3) is 5.44. The van der Waals surface area contributed by atoms with E-state index >= 15 is 0 Å². The van der Waals surface area contributed by atoms with Gasteiger partial charge in [-0.2, -0.15) is 0 Å². The molecule has 7 rings (SSSR count). The summed E-state index contributed by atoms with van der Waals surface area (Å²) in [7, 11) is -1.11. The molecule has 37 heavy (non-hydrogen) atoms. The largest absolute Gasteiger partial charge is 1.00 e. The summed E-state index contributed by atoms with van der Waals surface area (Å²) >= 11 is 1.59. The van der Waals surface area contributed by atoms with Crippen LogP contribution in [0.3, 0.4) is 0 Å². The van der Waals surface area contributed by atoms with Gasteiger partial charge in [0.1, 0.15) is 8.07 Å². The van der Waals surface area contributed by atoms with E-state index in [0.29, 0.717) is 3.63 Å². The van der Waals surface area contributed by atoms with E-state index in [1.807, 2.05) is 12.4 Å². The normalized spacial score (nSPS) is 19.2. The van der Waals surface area contributed by atoms with Crippen molar-refractivity contribution in [3.8, 4) is 11.1 Å². The van der Waals surface area contributed by atoms with Gasteiger partial charge in [0.05, 0.1) is 0 Å². The molecule has 0 amide bonds. The molecule has 5 heteroatoms. The van der Waals surface area contributed by atoms with Gasteiger partial charge in [-0.15, -0.1) is 0 Å². The van der Waals surface area contributed by atoms with Crippen LogP contribution in [0.5, 0.6) is 0 Å². The molecule has 1 atom stereocenters. The number of allylic oxidation sites excluding steroid dienone is 6. The minimum atomic E-state index is -1.11. The fourth-order valence-corrected chi connectivity index (χ4v) is 11.1. The van der Waals surface area contributed by atoms with Crippen molar-refractivity contribution < 1.29 is 49.5 Å². The Morgan fingerprint density at radius 3 is 2.30 bits per heavy atom. The van der Waals surface area contributed by atoms with E-state index in [4.69, 9.17) is 0 Å². The predicted octanol–water partition coefficient (Wildman–Crippen LogP) is 2.87. The van der Waals surface area contributed by atoms with E-state index in [2.05, 4.69) is 87.4 Å². The topological polar surface area (TPSA) is 12.4 Å². The quantitative estimate of drug-likeness (QED) is 0.347. The molecule has 0 aromatic heterocycles. The zero-order chi connectivity index (χ0) is 24.7. The summed E-state index contributed by atoms with van der Waals surface area (Å²) in [6.07, 6.45) is 13.0. The van der Waals surface area contributed by atoms with Gasteiger partial charge in [0, 0.05) is 23.6 Å². The van der Waals surface area contributed by atoms with E-state index in [9.17, 15) is 0 Å². The molecular weight excluding hydrogens is 589 g/mol. The molecule has 1 unspecified atom stereocenters. The van der Waals surface area contributed by atoms with Gasteiger partial charge < -0.3 is 24.8 Å². The predicted molar refractivity (Wildman–Crippen MR) is 150 cm³/mol. The van der Waals surface area contributed by atoms with Crippen molar-refractivity contribution in [3.05, 3.63) is 98.0 Å². The number of hydrogen-bond donors (Lipinski definition) is 0. The first-order valence-corrected chi connectivity index (χ1v) is 17.6. The van der Waals surface area contributed by atoms with Crippen LogP contribution < -0.4 is 24.8 Å². The number of hydrogen-bond acceptors (Lipinski definition) is 1. The molecule has 0 N–H and O–H groups in total. The van der Waals surface area contributed by atoms with Crippen LogP contribution in [0.15, 0.2) is 86.3 Å². The SMILES string of the molecule is CC1=C2C3=CN=CC3=C1[Si]2(C)C.CCCCCCc1ccc(-c2cccc3c2C=C(C)[CH]3[Zr+2])cc1.[Cl-].[Cl-]. The van der Waals surface area contributed by atoms with E-state index in [1.54, 1.807) is 40.7 Å². The van der Waals surface area contributed by atoms with Crippen molar-refractivity contribution in [2.24, 2.45) is 4.99 Å². The summed E-state index contributed by atoms with van der Waals surface area (Å²) in [5, 5.41) is 3.31. The minimum absolute atomic E-state index is 0. The molecule has 0 saturated carbocycles. The van der Waals surface area contributed by atoms with Gasteiger partial charge in [0.2, 0.25) is 0 Å². The van der Waals surface area contributed by atoms with Crippen LogP contribution in [0, 0.1) is 0 Å². The maximum atomic E-state index is 4.19. The Kier molecular flexibility index (Phi) is 10.1. The molecule has 3 heterocycles. The molecule has 2 aromatic carbocycles. The fourth-order valence-electron chi connectivity index (χ4n) is 6.34. The van der Waals surface area contributed by atoms with Gasteiger partial charge in [-0.3, -0.25) is 4.99 Å². The second-order valence-corrected chi connectivity index (χ2v) is 16.5. The van der Waals surface area contributed by atoms with Crippen LogP contribution in [0.4, 0.5) is 0 Å². The third-order valence-electron chi connectivity index (χ3n) is 8.10. The third-order valence-corrected chi connectivity index (χ3v) is 13.8. The molecule has 0 radical (unpaired) electrons. The summed E-state index contributed by atoms with van der Waals surface area (Å²) in [4.78, 5) is 4.19. The summed E-state index contributed by atoms with van der Waals surface area (Å²) in [6.45, 7) is 11.7. The number of unbranched alkanes of at least 4 members (excludes halogenated alkanes) is 3. The molecule has 0 fully saturated rings. The smallest absolute Gasteiger partial charge is 1.00 e. The second kappa shape index (κ2) is 12.3. The summed E-state index contributed by atoms with van der Waals surface area (Å²) in [6, 6.07) is 16.0. The van der Waals surface area contributed by atoms with Gasteiger partial charge in [0.25, 0.3) is 0 Å². The Labute approximate surface area is 252 Å². The van der Waals surface area contributed by atoms with Crippen LogP contribution >= 0.6 is 0 Å². The average Bonchev–Trinajstić information content (AvgIpc) is 3.54. The van der Waals surface area contributed by atoms with Crippen molar-refractivity contribution in [1.29, 1.82) is 0 Å². The molecule has 2 bridgehead atoms. The molecule has 191 valence electrons. The van der Waals surface area contributed by atoms with E-state index in [-0.39, 0.29) is 24.8 Å². The molecular formula is C32H36Cl2NSiZr. The van der Waals surface area contributed by atoms with Gasteiger partial charge in [0.15, 0.2) is 0 Å².